The highest BCUT2D eigenvalue weighted by molar-refractivity contribution is 6.30. The van der Waals surface area contributed by atoms with Crippen molar-refractivity contribution in [3.05, 3.63) is 71.8 Å². The molecule has 0 aliphatic heterocycles. The second-order valence-corrected chi connectivity index (χ2v) is 6.27. The van der Waals surface area contributed by atoms with Crippen LogP contribution in [0.25, 0.3) is 10.8 Å². The lowest BCUT2D eigenvalue weighted by Crippen LogP contribution is -2.38. The summed E-state index contributed by atoms with van der Waals surface area (Å²) in [5.74, 6) is 1.23. The summed E-state index contributed by atoms with van der Waals surface area (Å²) in [4.78, 5) is 12.2. The summed E-state index contributed by atoms with van der Waals surface area (Å²) in [7, 11) is 0. The van der Waals surface area contributed by atoms with Crippen molar-refractivity contribution in [2.24, 2.45) is 0 Å². The minimum atomic E-state index is -0.601. The molecule has 4 nitrogen and oxygen atoms in total. The third-order valence-corrected chi connectivity index (χ3v) is 4.16. The molecule has 1 atom stereocenters. The first kappa shape index (κ1) is 18.1. The minimum absolute atomic E-state index is 0.183. The van der Waals surface area contributed by atoms with Crippen LogP contribution in [0.4, 0.5) is 0 Å². The van der Waals surface area contributed by atoms with Crippen molar-refractivity contribution in [1.29, 1.82) is 0 Å². The van der Waals surface area contributed by atoms with E-state index in [4.69, 9.17) is 21.1 Å². The number of hydrogen-bond donors (Lipinski definition) is 1. The van der Waals surface area contributed by atoms with E-state index in [9.17, 15) is 4.79 Å². The van der Waals surface area contributed by atoms with Gasteiger partial charge in [0, 0.05) is 10.4 Å². The van der Waals surface area contributed by atoms with E-state index in [0.29, 0.717) is 29.7 Å². The molecule has 3 aromatic rings. The summed E-state index contributed by atoms with van der Waals surface area (Å²) in [6.07, 6.45) is -0.601. The van der Waals surface area contributed by atoms with Gasteiger partial charge in [-0.2, -0.15) is 0 Å². The predicted molar refractivity (Wildman–Crippen MR) is 104 cm³/mol. The molecule has 3 rings (SSSR count). The predicted octanol–water partition coefficient (Wildman–Crippen LogP) is 4.46. The fourth-order valence-electron chi connectivity index (χ4n) is 2.56. The third-order valence-electron chi connectivity index (χ3n) is 3.91. The molecular weight excluding hydrogens is 350 g/mol. The van der Waals surface area contributed by atoms with Crippen LogP contribution >= 0.6 is 11.6 Å². The van der Waals surface area contributed by atoms with E-state index in [1.807, 2.05) is 42.5 Å². The summed E-state index contributed by atoms with van der Waals surface area (Å²) < 4.78 is 11.4. The molecule has 0 unspecified atom stereocenters. The van der Waals surface area contributed by atoms with E-state index in [-0.39, 0.29) is 5.91 Å². The van der Waals surface area contributed by atoms with Gasteiger partial charge in [-0.25, -0.2) is 0 Å². The second-order valence-electron chi connectivity index (χ2n) is 5.83. The largest absolute Gasteiger partial charge is 0.492 e. The molecule has 3 aromatic carbocycles. The van der Waals surface area contributed by atoms with Crippen LogP contribution in [-0.4, -0.2) is 25.2 Å². The van der Waals surface area contributed by atoms with Gasteiger partial charge in [-0.05, 0) is 42.6 Å². The first-order valence-electron chi connectivity index (χ1n) is 8.44. The van der Waals surface area contributed by atoms with Gasteiger partial charge in [0.25, 0.3) is 5.91 Å². The van der Waals surface area contributed by atoms with Gasteiger partial charge in [0.2, 0.25) is 0 Å². The van der Waals surface area contributed by atoms with E-state index in [1.54, 1.807) is 31.2 Å². The normalized spacial score (nSPS) is 11.8. The number of carbonyl (C=O) groups is 1. The maximum atomic E-state index is 12.2. The molecular formula is C21H20ClNO3. The van der Waals surface area contributed by atoms with Gasteiger partial charge in [-0.3, -0.25) is 4.79 Å². The van der Waals surface area contributed by atoms with Crippen LogP contribution in [0.5, 0.6) is 11.5 Å². The molecule has 0 aliphatic carbocycles. The molecule has 5 heteroatoms. The Labute approximate surface area is 157 Å². The van der Waals surface area contributed by atoms with Crippen LogP contribution in [0.1, 0.15) is 6.92 Å². The summed E-state index contributed by atoms with van der Waals surface area (Å²) in [6, 6.07) is 20.8. The Morgan fingerprint density at radius 3 is 2.58 bits per heavy atom. The molecule has 134 valence electrons. The quantitative estimate of drug-likeness (QED) is 0.626. The Morgan fingerprint density at radius 1 is 1.04 bits per heavy atom. The zero-order valence-corrected chi connectivity index (χ0v) is 15.2. The van der Waals surface area contributed by atoms with Gasteiger partial charge in [-0.15, -0.1) is 0 Å². The number of hydrogen-bond acceptors (Lipinski definition) is 3. The van der Waals surface area contributed by atoms with Crippen molar-refractivity contribution < 1.29 is 14.3 Å². The van der Waals surface area contributed by atoms with Gasteiger partial charge in [0.1, 0.15) is 18.1 Å². The Bertz CT molecular complexity index is 875. The summed E-state index contributed by atoms with van der Waals surface area (Å²) >= 11 is 5.83. The Morgan fingerprint density at radius 2 is 1.77 bits per heavy atom. The van der Waals surface area contributed by atoms with Crippen LogP contribution < -0.4 is 14.8 Å². The molecule has 0 heterocycles. The molecule has 1 N–H and O–H groups in total. The number of fused-ring (bicyclic) bond motifs is 1. The molecule has 0 spiro atoms. The molecule has 26 heavy (non-hydrogen) atoms. The van der Waals surface area contributed by atoms with Crippen LogP contribution in [0.2, 0.25) is 5.02 Å². The summed E-state index contributed by atoms with van der Waals surface area (Å²) in [5.41, 5.74) is 0. The number of benzene rings is 3. The summed E-state index contributed by atoms with van der Waals surface area (Å²) in [5, 5.41) is 5.54. The molecule has 0 saturated heterocycles. The lowest BCUT2D eigenvalue weighted by atomic mass is 10.1. The van der Waals surface area contributed by atoms with Crippen LogP contribution in [-0.2, 0) is 4.79 Å². The standard InChI is InChI=1S/C21H20ClNO3/c1-15(26-20-8-4-6-16-5-2-3-7-19(16)20)21(24)23-13-14-25-18-11-9-17(22)10-12-18/h2-12,15H,13-14H2,1H3,(H,23,24)/t15-/m1/s1. The average Bonchev–Trinajstić information content (AvgIpc) is 2.66. The topological polar surface area (TPSA) is 47.6 Å². The fourth-order valence-corrected chi connectivity index (χ4v) is 2.69. The molecule has 0 radical (unpaired) electrons. The van der Waals surface area contributed by atoms with Crippen LogP contribution in [0.3, 0.4) is 0 Å². The Balaban J connectivity index is 1.49. The Kier molecular flexibility index (Phi) is 5.97. The van der Waals surface area contributed by atoms with Crippen molar-refractivity contribution in [2.75, 3.05) is 13.2 Å². The lowest BCUT2D eigenvalue weighted by molar-refractivity contribution is -0.127. The summed E-state index contributed by atoms with van der Waals surface area (Å²) in [6.45, 7) is 2.50. The van der Waals surface area contributed by atoms with E-state index < -0.39 is 6.10 Å². The number of ether oxygens (including phenoxy) is 2. The van der Waals surface area contributed by atoms with E-state index in [2.05, 4.69) is 5.32 Å². The van der Waals surface area contributed by atoms with Crippen LogP contribution in [0.15, 0.2) is 66.7 Å². The SMILES string of the molecule is C[C@@H](Oc1cccc2ccccc12)C(=O)NCCOc1ccc(Cl)cc1. The van der Waals surface area contributed by atoms with E-state index in [1.165, 1.54) is 0 Å². The second kappa shape index (κ2) is 8.59. The van der Waals surface area contributed by atoms with Crippen molar-refractivity contribution >= 4 is 28.3 Å². The molecule has 0 saturated carbocycles. The number of nitrogens with one attached hydrogen (secondary N) is 1. The van der Waals surface area contributed by atoms with E-state index >= 15 is 0 Å². The zero-order chi connectivity index (χ0) is 18.4. The third kappa shape index (κ3) is 4.67. The maximum Gasteiger partial charge on any atom is 0.260 e. The lowest BCUT2D eigenvalue weighted by Gasteiger charge is -2.16. The number of rotatable bonds is 7. The molecule has 0 fully saturated rings. The highest BCUT2D eigenvalue weighted by Gasteiger charge is 2.15. The van der Waals surface area contributed by atoms with Gasteiger partial charge < -0.3 is 14.8 Å². The highest BCUT2D eigenvalue weighted by Crippen LogP contribution is 2.26. The molecule has 0 aliphatic rings. The molecule has 0 aromatic heterocycles. The van der Waals surface area contributed by atoms with Crippen molar-refractivity contribution in [1.82, 2.24) is 5.32 Å². The van der Waals surface area contributed by atoms with Crippen molar-refractivity contribution in [3.63, 3.8) is 0 Å². The first-order chi connectivity index (χ1) is 12.6. The van der Waals surface area contributed by atoms with Crippen molar-refractivity contribution in [2.45, 2.75) is 13.0 Å². The Hall–Kier alpha value is -2.72. The van der Waals surface area contributed by atoms with Gasteiger partial charge in [-0.1, -0.05) is 48.0 Å². The van der Waals surface area contributed by atoms with Crippen LogP contribution in [0, 0.1) is 0 Å². The first-order valence-corrected chi connectivity index (χ1v) is 8.82. The maximum absolute atomic E-state index is 12.2. The monoisotopic (exact) mass is 369 g/mol. The number of carbonyl (C=O) groups excluding carboxylic acids is 1. The smallest absolute Gasteiger partial charge is 0.260 e. The highest BCUT2D eigenvalue weighted by atomic mass is 35.5. The fraction of sp³-hybridized carbons (Fsp3) is 0.190. The van der Waals surface area contributed by atoms with E-state index in [0.717, 1.165) is 10.8 Å². The van der Waals surface area contributed by atoms with Gasteiger partial charge in [0.05, 0.1) is 6.54 Å². The van der Waals surface area contributed by atoms with Crippen molar-refractivity contribution in [3.8, 4) is 11.5 Å². The average molecular weight is 370 g/mol. The molecule has 0 bridgehead atoms. The van der Waals surface area contributed by atoms with Gasteiger partial charge in [0.15, 0.2) is 6.10 Å². The van der Waals surface area contributed by atoms with Gasteiger partial charge >= 0.3 is 0 Å². The zero-order valence-electron chi connectivity index (χ0n) is 14.4. The number of amides is 1. The minimum Gasteiger partial charge on any atom is -0.492 e. The molecule has 1 amide bonds. The number of halogens is 1.